The minimum absolute atomic E-state index is 0.341. The Kier molecular flexibility index (Phi) is 3.86. The fourth-order valence-corrected chi connectivity index (χ4v) is 1.84. The highest BCUT2D eigenvalue weighted by Gasteiger charge is 2.07. The zero-order chi connectivity index (χ0) is 10.7. The molecule has 0 bridgehead atoms. The van der Waals surface area contributed by atoms with E-state index < -0.39 is 0 Å². The van der Waals surface area contributed by atoms with Gasteiger partial charge in [-0.1, -0.05) is 13.8 Å². The lowest BCUT2D eigenvalue weighted by Gasteiger charge is -2.06. The van der Waals surface area contributed by atoms with Gasteiger partial charge in [-0.2, -0.15) is 16.9 Å². The summed E-state index contributed by atoms with van der Waals surface area (Å²) in [5, 5.41) is 5.09. The van der Waals surface area contributed by atoms with Crippen LogP contribution in [0.1, 0.15) is 39.4 Å². The molecule has 4 heteroatoms. The van der Waals surface area contributed by atoms with E-state index in [-0.39, 0.29) is 0 Å². The number of anilines is 1. The SMILES string of the molecule is CC(C)SCc1cc(N)n(C(C)C)n1. The molecule has 2 N–H and O–H groups in total. The standard InChI is InChI=1S/C10H19N3S/c1-7(2)13-10(11)5-9(12-13)6-14-8(3)4/h5,7-8H,6,11H2,1-4H3. The first-order valence-corrected chi connectivity index (χ1v) is 6.01. The first-order chi connectivity index (χ1) is 6.50. The second kappa shape index (κ2) is 4.73. The summed E-state index contributed by atoms with van der Waals surface area (Å²) in [5.74, 6) is 1.71. The molecule has 1 rings (SSSR count). The number of aromatic nitrogens is 2. The number of hydrogen-bond donors (Lipinski definition) is 1. The molecule has 0 fully saturated rings. The third-order valence-electron chi connectivity index (χ3n) is 1.87. The van der Waals surface area contributed by atoms with Crippen molar-refractivity contribution in [3.05, 3.63) is 11.8 Å². The fraction of sp³-hybridized carbons (Fsp3) is 0.700. The van der Waals surface area contributed by atoms with Crippen molar-refractivity contribution in [2.75, 3.05) is 5.73 Å². The van der Waals surface area contributed by atoms with E-state index in [2.05, 4.69) is 32.8 Å². The third-order valence-corrected chi connectivity index (χ3v) is 3.00. The minimum Gasteiger partial charge on any atom is -0.384 e. The third kappa shape index (κ3) is 2.94. The van der Waals surface area contributed by atoms with Crippen molar-refractivity contribution in [2.24, 2.45) is 0 Å². The molecule has 0 amide bonds. The Morgan fingerprint density at radius 2 is 2.07 bits per heavy atom. The smallest absolute Gasteiger partial charge is 0.122 e. The van der Waals surface area contributed by atoms with Crippen molar-refractivity contribution in [1.82, 2.24) is 9.78 Å². The van der Waals surface area contributed by atoms with Crippen LogP contribution in [-0.4, -0.2) is 15.0 Å². The van der Waals surface area contributed by atoms with E-state index in [0.29, 0.717) is 11.3 Å². The Bertz CT molecular complexity index is 292. The van der Waals surface area contributed by atoms with Crippen LogP contribution >= 0.6 is 11.8 Å². The fourth-order valence-electron chi connectivity index (χ4n) is 1.20. The molecule has 0 saturated carbocycles. The first-order valence-electron chi connectivity index (χ1n) is 4.96. The Balaban J connectivity index is 2.66. The zero-order valence-corrected chi connectivity index (χ0v) is 10.1. The summed E-state index contributed by atoms with van der Waals surface area (Å²) in [4.78, 5) is 0. The summed E-state index contributed by atoms with van der Waals surface area (Å²) in [6.07, 6.45) is 0. The highest BCUT2D eigenvalue weighted by Crippen LogP contribution is 2.19. The molecule has 3 nitrogen and oxygen atoms in total. The van der Waals surface area contributed by atoms with Gasteiger partial charge in [-0.05, 0) is 19.1 Å². The zero-order valence-electron chi connectivity index (χ0n) is 9.32. The molecule has 80 valence electrons. The van der Waals surface area contributed by atoms with Gasteiger partial charge in [-0.25, -0.2) is 4.68 Å². The Hall–Kier alpha value is -0.640. The molecule has 0 aliphatic rings. The van der Waals surface area contributed by atoms with Crippen LogP contribution in [0, 0.1) is 0 Å². The molecule has 14 heavy (non-hydrogen) atoms. The molecular formula is C10H19N3S. The van der Waals surface area contributed by atoms with E-state index in [1.54, 1.807) is 0 Å². The number of nitrogen functional groups attached to an aromatic ring is 1. The van der Waals surface area contributed by atoms with Crippen LogP contribution in [0.15, 0.2) is 6.07 Å². The number of rotatable bonds is 4. The van der Waals surface area contributed by atoms with Gasteiger partial charge in [0.05, 0.1) is 5.69 Å². The van der Waals surface area contributed by atoms with Gasteiger partial charge in [0.2, 0.25) is 0 Å². The molecular weight excluding hydrogens is 194 g/mol. The first kappa shape index (κ1) is 11.4. The van der Waals surface area contributed by atoms with Crippen molar-refractivity contribution in [3.63, 3.8) is 0 Å². The summed E-state index contributed by atoms with van der Waals surface area (Å²) >= 11 is 1.89. The second-order valence-electron chi connectivity index (χ2n) is 3.96. The number of nitrogens with two attached hydrogens (primary N) is 1. The molecule has 0 radical (unpaired) electrons. The van der Waals surface area contributed by atoms with E-state index in [4.69, 9.17) is 5.73 Å². The van der Waals surface area contributed by atoms with Crippen LogP contribution in [0.2, 0.25) is 0 Å². The topological polar surface area (TPSA) is 43.8 Å². The number of thioether (sulfide) groups is 1. The molecule has 0 aliphatic heterocycles. The van der Waals surface area contributed by atoms with Gasteiger partial charge < -0.3 is 5.73 Å². The molecule has 1 aromatic heterocycles. The van der Waals surface area contributed by atoms with Gasteiger partial charge in [-0.15, -0.1) is 0 Å². The molecule has 0 unspecified atom stereocenters. The normalized spacial score (nSPS) is 11.6. The lowest BCUT2D eigenvalue weighted by Crippen LogP contribution is -2.06. The van der Waals surface area contributed by atoms with Crippen molar-refractivity contribution in [1.29, 1.82) is 0 Å². The summed E-state index contributed by atoms with van der Waals surface area (Å²) < 4.78 is 1.87. The van der Waals surface area contributed by atoms with Gasteiger partial charge in [0.1, 0.15) is 5.82 Å². The number of nitrogens with zero attached hydrogens (tertiary/aromatic N) is 2. The molecule has 0 aromatic carbocycles. The van der Waals surface area contributed by atoms with Crippen molar-refractivity contribution < 1.29 is 0 Å². The lowest BCUT2D eigenvalue weighted by atomic mass is 10.4. The summed E-state index contributed by atoms with van der Waals surface area (Å²) in [6, 6.07) is 2.31. The minimum atomic E-state index is 0.341. The Morgan fingerprint density at radius 1 is 1.43 bits per heavy atom. The largest absolute Gasteiger partial charge is 0.384 e. The molecule has 0 spiro atoms. The highest BCUT2D eigenvalue weighted by molar-refractivity contribution is 7.99. The van der Waals surface area contributed by atoms with E-state index in [0.717, 1.165) is 17.3 Å². The van der Waals surface area contributed by atoms with Crippen LogP contribution in [0.4, 0.5) is 5.82 Å². The predicted octanol–water partition coefficient (Wildman–Crippen LogP) is 2.69. The van der Waals surface area contributed by atoms with Gasteiger partial charge >= 0.3 is 0 Å². The van der Waals surface area contributed by atoms with Crippen LogP contribution in [0.3, 0.4) is 0 Å². The van der Waals surface area contributed by atoms with Crippen LogP contribution in [0.25, 0.3) is 0 Å². The Labute approximate surface area is 90.1 Å². The molecule has 1 aromatic rings. The van der Waals surface area contributed by atoms with Crippen molar-refractivity contribution in [3.8, 4) is 0 Å². The molecule has 0 saturated heterocycles. The van der Waals surface area contributed by atoms with Crippen LogP contribution in [0.5, 0.6) is 0 Å². The monoisotopic (exact) mass is 213 g/mol. The molecule has 1 heterocycles. The lowest BCUT2D eigenvalue weighted by molar-refractivity contribution is 0.536. The van der Waals surface area contributed by atoms with Crippen LogP contribution < -0.4 is 5.73 Å². The maximum atomic E-state index is 5.84. The summed E-state index contributed by atoms with van der Waals surface area (Å²) in [7, 11) is 0. The van der Waals surface area contributed by atoms with E-state index in [9.17, 15) is 0 Å². The van der Waals surface area contributed by atoms with Gasteiger partial charge in [0.15, 0.2) is 0 Å². The van der Waals surface area contributed by atoms with Crippen molar-refractivity contribution >= 4 is 17.6 Å². The quantitative estimate of drug-likeness (QED) is 0.836. The maximum absolute atomic E-state index is 5.84. The van der Waals surface area contributed by atoms with Gasteiger partial charge in [0, 0.05) is 17.9 Å². The summed E-state index contributed by atoms with van der Waals surface area (Å²) in [6.45, 7) is 8.55. The van der Waals surface area contributed by atoms with E-state index in [1.165, 1.54) is 0 Å². The van der Waals surface area contributed by atoms with Gasteiger partial charge in [-0.3, -0.25) is 0 Å². The Morgan fingerprint density at radius 3 is 2.50 bits per heavy atom. The number of hydrogen-bond acceptors (Lipinski definition) is 3. The average molecular weight is 213 g/mol. The molecule has 0 atom stereocenters. The van der Waals surface area contributed by atoms with Gasteiger partial charge in [0.25, 0.3) is 0 Å². The van der Waals surface area contributed by atoms with Crippen LogP contribution in [-0.2, 0) is 5.75 Å². The average Bonchev–Trinajstić information content (AvgIpc) is 2.43. The maximum Gasteiger partial charge on any atom is 0.122 e. The van der Waals surface area contributed by atoms with Crippen molar-refractivity contribution in [2.45, 2.75) is 44.7 Å². The van der Waals surface area contributed by atoms with E-state index in [1.807, 2.05) is 22.5 Å². The highest BCUT2D eigenvalue weighted by atomic mass is 32.2. The summed E-state index contributed by atoms with van der Waals surface area (Å²) in [5.41, 5.74) is 6.92. The predicted molar refractivity (Wildman–Crippen MR) is 63.5 cm³/mol. The second-order valence-corrected chi connectivity index (χ2v) is 5.52. The molecule has 0 aliphatic carbocycles. The van der Waals surface area contributed by atoms with E-state index >= 15 is 0 Å².